The maximum atomic E-state index is 13.9. The van der Waals surface area contributed by atoms with Crippen LogP contribution in [0.1, 0.15) is 82.0 Å². The molecule has 3 heterocycles. The van der Waals surface area contributed by atoms with Crippen LogP contribution in [0.2, 0.25) is 0 Å². The van der Waals surface area contributed by atoms with Crippen LogP contribution in [0.4, 0.5) is 35.2 Å². The summed E-state index contributed by atoms with van der Waals surface area (Å²) in [6.45, 7) is 7.08. The van der Waals surface area contributed by atoms with Crippen LogP contribution in [0.15, 0.2) is 67.1 Å². The summed E-state index contributed by atoms with van der Waals surface area (Å²) in [5, 5.41) is 2.72. The van der Waals surface area contributed by atoms with Crippen LogP contribution in [-0.2, 0) is 15.7 Å². The Bertz CT molecular complexity index is 1810. The molecule has 1 aliphatic heterocycles. The molecule has 1 saturated heterocycles. The largest absolute Gasteiger partial charge is 0.444 e. The first kappa shape index (κ1) is 34.1. The number of nitrogens with zero attached hydrogens (tertiary/aromatic N) is 5. The van der Waals surface area contributed by atoms with Gasteiger partial charge in [-0.1, -0.05) is 31.0 Å². The Hall–Kier alpha value is -4.74. The van der Waals surface area contributed by atoms with E-state index in [2.05, 4.69) is 25.2 Å². The summed E-state index contributed by atoms with van der Waals surface area (Å²) in [5.74, 6) is -0.499. The van der Waals surface area contributed by atoms with Gasteiger partial charge in [0.15, 0.2) is 5.82 Å². The Kier molecular flexibility index (Phi) is 9.50. The quantitative estimate of drug-likeness (QED) is 0.218. The maximum absolute atomic E-state index is 13.9. The molecule has 1 aliphatic carbocycles. The lowest BCUT2D eigenvalue weighted by Gasteiger charge is -2.41. The molecule has 0 radical (unpaired) electrons. The summed E-state index contributed by atoms with van der Waals surface area (Å²) in [7, 11) is 0. The third kappa shape index (κ3) is 7.47. The van der Waals surface area contributed by atoms with Gasteiger partial charge in [0.1, 0.15) is 17.4 Å². The van der Waals surface area contributed by atoms with Crippen molar-refractivity contribution in [2.24, 2.45) is 5.92 Å². The van der Waals surface area contributed by atoms with Gasteiger partial charge in [0, 0.05) is 30.2 Å². The van der Waals surface area contributed by atoms with Gasteiger partial charge < -0.3 is 19.9 Å². The summed E-state index contributed by atoms with van der Waals surface area (Å²) in [4.78, 5) is 45.0. The first-order valence-corrected chi connectivity index (χ1v) is 16.7. The van der Waals surface area contributed by atoms with E-state index in [9.17, 15) is 22.8 Å². The first-order chi connectivity index (χ1) is 23.3. The summed E-state index contributed by atoms with van der Waals surface area (Å²) in [6, 6.07) is 14.8. The van der Waals surface area contributed by atoms with Crippen LogP contribution in [0.3, 0.4) is 0 Å². The van der Waals surface area contributed by atoms with E-state index in [0.29, 0.717) is 36.3 Å². The second-order valence-electron chi connectivity index (χ2n) is 13.9. The lowest BCUT2D eigenvalue weighted by Crippen LogP contribution is -2.48. The fraction of sp³-hybridized carbons (Fsp3) is 0.432. The third-order valence-electron chi connectivity index (χ3n) is 9.21. The number of aryl methyl sites for hydroxylation is 1. The fourth-order valence-corrected chi connectivity index (χ4v) is 7.01. The van der Waals surface area contributed by atoms with E-state index in [4.69, 9.17) is 4.74 Å². The van der Waals surface area contributed by atoms with Gasteiger partial charge >= 0.3 is 12.3 Å². The van der Waals surface area contributed by atoms with Crippen LogP contribution in [0.25, 0.3) is 11.0 Å². The number of carbonyl (C=O) groups is 2. The lowest BCUT2D eigenvalue weighted by molar-refractivity contribution is -0.138. The molecular weight excluding hydrogens is 633 g/mol. The zero-order chi connectivity index (χ0) is 34.9. The molecule has 49 heavy (non-hydrogen) atoms. The zero-order valence-electron chi connectivity index (χ0n) is 28.1. The third-order valence-corrected chi connectivity index (χ3v) is 9.21. The Morgan fingerprint density at radius 3 is 2.37 bits per heavy atom. The van der Waals surface area contributed by atoms with Crippen molar-refractivity contribution < 1.29 is 27.5 Å². The lowest BCUT2D eigenvalue weighted by atomic mass is 9.84. The molecule has 1 N–H and O–H groups in total. The highest BCUT2D eigenvalue weighted by Gasteiger charge is 2.41. The van der Waals surface area contributed by atoms with Crippen LogP contribution in [0.5, 0.6) is 0 Å². The van der Waals surface area contributed by atoms with Crippen molar-refractivity contribution in [3.05, 3.63) is 83.8 Å². The number of nitrogens with one attached hydrogen (secondary N) is 1. The van der Waals surface area contributed by atoms with Crippen LogP contribution in [-0.4, -0.2) is 50.0 Å². The number of amides is 2. The molecule has 6 rings (SSSR count). The Balaban J connectivity index is 1.36. The number of fused-ring (bicyclic) bond motifs is 1. The Morgan fingerprint density at radius 2 is 1.67 bits per heavy atom. The molecule has 2 atom stereocenters. The van der Waals surface area contributed by atoms with Crippen molar-refractivity contribution in [1.82, 2.24) is 19.9 Å². The number of anilines is 3. The molecule has 1 saturated carbocycles. The van der Waals surface area contributed by atoms with Crippen molar-refractivity contribution >= 4 is 40.2 Å². The topological polar surface area (TPSA) is 101 Å². The highest BCUT2D eigenvalue weighted by molar-refractivity contribution is 5.94. The predicted octanol–water partition coefficient (Wildman–Crippen LogP) is 8.76. The highest BCUT2D eigenvalue weighted by atomic mass is 19.4. The molecule has 2 aliphatic rings. The number of benzene rings is 2. The number of hydrogen-bond donors (Lipinski definition) is 1. The molecule has 258 valence electrons. The van der Waals surface area contributed by atoms with Gasteiger partial charge in [-0.2, -0.15) is 13.2 Å². The van der Waals surface area contributed by atoms with E-state index in [1.165, 1.54) is 19.1 Å². The number of piperidine rings is 1. The number of alkyl halides is 3. The van der Waals surface area contributed by atoms with Crippen LogP contribution in [0, 0.1) is 12.8 Å². The maximum Gasteiger partial charge on any atom is 0.416 e. The average Bonchev–Trinajstić information content (AvgIpc) is 3.59. The van der Waals surface area contributed by atoms with Crippen molar-refractivity contribution in [3.8, 4) is 0 Å². The standard InChI is InChI=1S/C37H41F3N6O3/c1-23-13-16-25(21-29(23)37(38,39)40)44-34(47)28-11-8-20-45(35(48)49-36(2,3)4)32(28)24-14-17-27(18-15-24)46(26-9-5-6-10-26)33-31-30(42-22-43-33)12-7-19-41-31/h7,12-19,21-22,26,28,32H,5-6,8-11,20H2,1-4H3,(H,44,47)/t28-,32-/m0/s1. The van der Waals surface area contributed by atoms with Gasteiger partial charge in [-0.15, -0.1) is 0 Å². The van der Waals surface area contributed by atoms with E-state index in [1.807, 2.05) is 36.4 Å². The number of hydrogen-bond acceptors (Lipinski definition) is 7. The molecule has 9 nitrogen and oxygen atoms in total. The minimum atomic E-state index is -4.56. The van der Waals surface area contributed by atoms with Crippen molar-refractivity contribution in [1.29, 1.82) is 0 Å². The van der Waals surface area contributed by atoms with E-state index in [-0.39, 0.29) is 17.3 Å². The molecule has 0 spiro atoms. The van der Waals surface area contributed by atoms with Crippen molar-refractivity contribution in [2.75, 3.05) is 16.8 Å². The average molecular weight is 675 g/mol. The highest BCUT2D eigenvalue weighted by Crippen LogP contribution is 2.41. The second-order valence-corrected chi connectivity index (χ2v) is 13.9. The molecule has 2 aromatic heterocycles. The molecule has 2 fully saturated rings. The summed E-state index contributed by atoms with van der Waals surface area (Å²) in [5.41, 5.74) is 1.58. The Morgan fingerprint density at radius 1 is 0.939 bits per heavy atom. The monoisotopic (exact) mass is 674 g/mol. The summed E-state index contributed by atoms with van der Waals surface area (Å²) >= 11 is 0. The first-order valence-electron chi connectivity index (χ1n) is 16.7. The van der Waals surface area contributed by atoms with Crippen LogP contribution < -0.4 is 10.2 Å². The fourth-order valence-electron chi connectivity index (χ4n) is 7.01. The zero-order valence-corrected chi connectivity index (χ0v) is 28.1. The second kappa shape index (κ2) is 13.6. The molecule has 2 amide bonds. The summed E-state index contributed by atoms with van der Waals surface area (Å²) < 4.78 is 46.8. The van der Waals surface area contributed by atoms with E-state index in [0.717, 1.165) is 43.0 Å². The van der Waals surface area contributed by atoms with Gasteiger partial charge in [-0.25, -0.2) is 14.8 Å². The molecule has 0 unspecified atom stereocenters. The molecular formula is C37H41F3N6O3. The minimum Gasteiger partial charge on any atom is -0.444 e. The van der Waals surface area contributed by atoms with Gasteiger partial charge in [0.05, 0.1) is 23.0 Å². The minimum absolute atomic E-state index is 0.0457. The number of pyridine rings is 1. The van der Waals surface area contributed by atoms with Gasteiger partial charge in [-0.05, 0) is 101 Å². The number of carbonyl (C=O) groups excluding carboxylic acids is 2. The van der Waals surface area contributed by atoms with E-state index >= 15 is 0 Å². The number of halogens is 3. The van der Waals surface area contributed by atoms with Gasteiger partial charge in [-0.3, -0.25) is 9.78 Å². The number of ether oxygens (including phenoxy) is 1. The number of rotatable bonds is 6. The predicted molar refractivity (Wildman–Crippen MR) is 181 cm³/mol. The number of likely N-dealkylation sites (tertiary alicyclic amines) is 1. The molecule has 4 aromatic rings. The van der Waals surface area contributed by atoms with E-state index < -0.39 is 41.3 Å². The molecule has 12 heteroatoms. The number of aromatic nitrogens is 3. The smallest absolute Gasteiger partial charge is 0.416 e. The SMILES string of the molecule is Cc1ccc(NC(=O)[C@H]2CCCN(C(=O)OC(C)(C)C)[C@H]2c2ccc(N(c3ncnc4cccnc34)C3CCCC3)cc2)cc1C(F)(F)F. The molecule has 0 bridgehead atoms. The Labute approximate surface area is 283 Å². The van der Waals surface area contributed by atoms with E-state index in [1.54, 1.807) is 38.2 Å². The van der Waals surface area contributed by atoms with Gasteiger partial charge in [0.2, 0.25) is 5.91 Å². The summed E-state index contributed by atoms with van der Waals surface area (Å²) in [6.07, 6.45) is 3.30. The molecule has 2 aromatic carbocycles. The van der Waals surface area contributed by atoms with Crippen molar-refractivity contribution in [2.45, 2.75) is 90.1 Å². The van der Waals surface area contributed by atoms with Crippen LogP contribution >= 0.6 is 0 Å². The van der Waals surface area contributed by atoms with Crippen molar-refractivity contribution in [3.63, 3.8) is 0 Å². The van der Waals surface area contributed by atoms with Gasteiger partial charge in [0.25, 0.3) is 0 Å². The normalized spacial score (nSPS) is 18.8.